The summed E-state index contributed by atoms with van der Waals surface area (Å²) in [7, 11) is 0. The number of hydrogen-bond acceptors (Lipinski definition) is 3. The summed E-state index contributed by atoms with van der Waals surface area (Å²) in [4.78, 5) is 0. The molecule has 0 amide bonds. The molecule has 110 valence electrons. The van der Waals surface area contributed by atoms with E-state index in [1.807, 2.05) is 0 Å². The summed E-state index contributed by atoms with van der Waals surface area (Å²) in [5.41, 5.74) is 5.39. The third-order valence-electron chi connectivity index (χ3n) is 3.75. The van der Waals surface area contributed by atoms with Gasteiger partial charge in [-0.1, -0.05) is 12.1 Å². The van der Waals surface area contributed by atoms with Gasteiger partial charge in [-0.15, -0.1) is 0 Å². The van der Waals surface area contributed by atoms with Crippen molar-refractivity contribution in [2.75, 3.05) is 13.2 Å². The standard InChI is InChI=1S/C14H16F3NO2/c15-14(16,17)10-3-1-2-9(4-10)13(18,5-11-7-19-11)6-12-8-20-12/h1-4,11-12H,5-8,18H2. The minimum Gasteiger partial charge on any atom is -0.373 e. The first-order valence-corrected chi connectivity index (χ1v) is 6.57. The summed E-state index contributed by atoms with van der Waals surface area (Å²) < 4.78 is 48.8. The minimum absolute atomic E-state index is 0.0493. The minimum atomic E-state index is -4.36. The highest BCUT2D eigenvalue weighted by molar-refractivity contribution is 5.31. The summed E-state index contributed by atoms with van der Waals surface area (Å²) in [6, 6.07) is 5.26. The molecule has 0 radical (unpaired) electrons. The smallest absolute Gasteiger partial charge is 0.373 e. The Morgan fingerprint density at radius 2 is 1.55 bits per heavy atom. The second-order valence-corrected chi connectivity index (χ2v) is 5.55. The average molecular weight is 287 g/mol. The number of alkyl halides is 3. The molecular weight excluding hydrogens is 271 g/mol. The van der Waals surface area contributed by atoms with Gasteiger partial charge in [0.1, 0.15) is 0 Å². The molecular formula is C14H16F3NO2. The summed E-state index contributed by atoms with van der Waals surface area (Å²) in [5.74, 6) is 0. The lowest BCUT2D eigenvalue weighted by Crippen LogP contribution is -2.40. The summed E-state index contributed by atoms with van der Waals surface area (Å²) in [6.45, 7) is 1.26. The van der Waals surface area contributed by atoms with Crippen LogP contribution in [0.2, 0.25) is 0 Å². The molecule has 0 aromatic heterocycles. The molecule has 3 rings (SSSR count). The quantitative estimate of drug-likeness (QED) is 0.846. The lowest BCUT2D eigenvalue weighted by molar-refractivity contribution is -0.137. The van der Waals surface area contributed by atoms with Crippen molar-refractivity contribution in [3.05, 3.63) is 35.4 Å². The molecule has 1 aromatic carbocycles. The van der Waals surface area contributed by atoms with Crippen molar-refractivity contribution in [2.24, 2.45) is 5.73 Å². The zero-order valence-electron chi connectivity index (χ0n) is 10.8. The third kappa shape index (κ3) is 3.13. The van der Waals surface area contributed by atoms with Crippen LogP contribution in [0.1, 0.15) is 24.0 Å². The maximum atomic E-state index is 12.8. The van der Waals surface area contributed by atoms with Crippen molar-refractivity contribution in [3.63, 3.8) is 0 Å². The van der Waals surface area contributed by atoms with E-state index in [0.717, 1.165) is 12.1 Å². The summed E-state index contributed by atoms with van der Waals surface area (Å²) >= 11 is 0. The highest BCUT2D eigenvalue weighted by Gasteiger charge is 2.42. The molecule has 2 atom stereocenters. The molecule has 0 saturated carbocycles. The van der Waals surface area contributed by atoms with E-state index in [9.17, 15) is 13.2 Å². The Morgan fingerprint density at radius 3 is 2.00 bits per heavy atom. The van der Waals surface area contributed by atoms with E-state index in [-0.39, 0.29) is 12.2 Å². The normalized spacial score (nSPS) is 28.0. The van der Waals surface area contributed by atoms with E-state index in [4.69, 9.17) is 15.2 Å². The van der Waals surface area contributed by atoms with Crippen molar-refractivity contribution < 1.29 is 22.6 Å². The van der Waals surface area contributed by atoms with Crippen LogP contribution in [-0.2, 0) is 21.2 Å². The number of nitrogens with two attached hydrogens (primary N) is 1. The van der Waals surface area contributed by atoms with E-state index in [1.54, 1.807) is 6.07 Å². The maximum Gasteiger partial charge on any atom is 0.416 e. The van der Waals surface area contributed by atoms with Crippen LogP contribution in [-0.4, -0.2) is 25.4 Å². The highest BCUT2D eigenvalue weighted by atomic mass is 19.4. The van der Waals surface area contributed by atoms with Crippen LogP contribution in [0.25, 0.3) is 0 Å². The van der Waals surface area contributed by atoms with Gasteiger partial charge in [0.15, 0.2) is 0 Å². The predicted octanol–water partition coefficient (Wildman–Crippen LogP) is 2.44. The van der Waals surface area contributed by atoms with Gasteiger partial charge in [-0.25, -0.2) is 0 Å². The molecule has 3 nitrogen and oxygen atoms in total. The average Bonchev–Trinajstić information content (AvgIpc) is 3.26. The number of hydrogen-bond donors (Lipinski definition) is 1. The number of benzene rings is 1. The van der Waals surface area contributed by atoms with Gasteiger partial charge in [-0.2, -0.15) is 13.2 Å². The molecule has 0 spiro atoms. The van der Waals surface area contributed by atoms with Gasteiger partial charge in [0, 0.05) is 5.54 Å². The second-order valence-electron chi connectivity index (χ2n) is 5.55. The maximum absolute atomic E-state index is 12.8. The van der Waals surface area contributed by atoms with Crippen molar-refractivity contribution in [1.82, 2.24) is 0 Å². The molecule has 2 aliphatic rings. The predicted molar refractivity (Wildman–Crippen MR) is 66.0 cm³/mol. The number of ether oxygens (including phenoxy) is 2. The monoisotopic (exact) mass is 287 g/mol. The van der Waals surface area contributed by atoms with Gasteiger partial charge in [0.05, 0.1) is 31.0 Å². The number of rotatable bonds is 5. The Balaban J connectivity index is 1.88. The molecule has 20 heavy (non-hydrogen) atoms. The van der Waals surface area contributed by atoms with Crippen LogP contribution in [0, 0.1) is 0 Å². The SMILES string of the molecule is NC(CC1CO1)(CC1CO1)c1cccc(C(F)(F)F)c1. The third-order valence-corrected chi connectivity index (χ3v) is 3.75. The summed E-state index contributed by atoms with van der Waals surface area (Å²) in [6.07, 6.45) is -3.22. The fraction of sp³-hybridized carbons (Fsp3) is 0.571. The zero-order chi connectivity index (χ0) is 14.4. The van der Waals surface area contributed by atoms with Crippen LogP contribution in [0.3, 0.4) is 0 Å². The van der Waals surface area contributed by atoms with Gasteiger partial charge in [-0.3, -0.25) is 0 Å². The Bertz CT molecular complexity index is 481. The topological polar surface area (TPSA) is 51.1 Å². The Kier molecular flexibility index (Phi) is 3.27. The molecule has 2 aliphatic heterocycles. The van der Waals surface area contributed by atoms with Crippen molar-refractivity contribution in [3.8, 4) is 0 Å². The fourth-order valence-electron chi connectivity index (χ4n) is 2.51. The molecule has 0 bridgehead atoms. The van der Waals surface area contributed by atoms with E-state index in [2.05, 4.69) is 0 Å². The van der Waals surface area contributed by atoms with E-state index in [0.29, 0.717) is 31.6 Å². The van der Waals surface area contributed by atoms with Crippen molar-refractivity contribution >= 4 is 0 Å². The van der Waals surface area contributed by atoms with E-state index < -0.39 is 17.3 Å². The van der Waals surface area contributed by atoms with Crippen LogP contribution >= 0.6 is 0 Å². The second kappa shape index (κ2) is 4.72. The van der Waals surface area contributed by atoms with Crippen molar-refractivity contribution in [2.45, 2.75) is 36.8 Å². The molecule has 2 fully saturated rings. The van der Waals surface area contributed by atoms with Gasteiger partial charge in [-0.05, 0) is 30.5 Å². The van der Waals surface area contributed by atoms with Gasteiger partial charge in [0.2, 0.25) is 0 Å². The van der Waals surface area contributed by atoms with Crippen LogP contribution in [0.15, 0.2) is 24.3 Å². The lowest BCUT2D eigenvalue weighted by atomic mass is 9.82. The van der Waals surface area contributed by atoms with E-state index in [1.165, 1.54) is 6.07 Å². The number of halogens is 3. The molecule has 2 heterocycles. The largest absolute Gasteiger partial charge is 0.416 e. The molecule has 2 unspecified atom stereocenters. The first-order valence-electron chi connectivity index (χ1n) is 6.57. The fourth-order valence-corrected chi connectivity index (χ4v) is 2.51. The summed E-state index contributed by atoms with van der Waals surface area (Å²) in [5, 5.41) is 0. The highest BCUT2D eigenvalue weighted by Crippen LogP contribution is 2.38. The molecule has 0 aliphatic carbocycles. The van der Waals surface area contributed by atoms with Gasteiger partial charge in [0.25, 0.3) is 0 Å². The molecule has 6 heteroatoms. The van der Waals surface area contributed by atoms with Gasteiger partial charge >= 0.3 is 6.18 Å². The molecule has 1 aromatic rings. The zero-order valence-corrected chi connectivity index (χ0v) is 10.8. The molecule has 2 N–H and O–H groups in total. The lowest BCUT2D eigenvalue weighted by Gasteiger charge is -2.29. The van der Waals surface area contributed by atoms with Crippen molar-refractivity contribution in [1.29, 1.82) is 0 Å². The first kappa shape index (κ1) is 13.9. The number of epoxide rings is 2. The Hall–Kier alpha value is -1.11. The van der Waals surface area contributed by atoms with Crippen LogP contribution in [0.5, 0.6) is 0 Å². The Morgan fingerprint density at radius 1 is 1.05 bits per heavy atom. The molecule has 2 saturated heterocycles. The first-order chi connectivity index (χ1) is 9.37. The van der Waals surface area contributed by atoms with Crippen LogP contribution in [0.4, 0.5) is 13.2 Å². The Labute approximate surface area is 114 Å². The van der Waals surface area contributed by atoms with Gasteiger partial charge < -0.3 is 15.2 Å². The van der Waals surface area contributed by atoms with E-state index >= 15 is 0 Å². The van der Waals surface area contributed by atoms with Crippen LogP contribution < -0.4 is 5.73 Å².